The molecule has 0 aliphatic heterocycles. The monoisotopic (exact) mass is 421 g/mol. The van der Waals surface area contributed by atoms with Crippen LogP contribution in [0.1, 0.15) is 11.6 Å². The number of hydrogen-bond donors (Lipinski definition) is 2. The maximum Gasteiger partial charge on any atom is 0.320 e. The molecule has 2 aromatic carbocycles. The molecule has 0 atom stereocenters. The van der Waals surface area contributed by atoms with Crippen molar-refractivity contribution < 1.29 is 9.34 Å². The summed E-state index contributed by atoms with van der Waals surface area (Å²) in [6, 6.07) is 15.3. The number of nitrogens with zero attached hydrogens (tertiary/aromatic N) is 5. The van der Waals surface area contributed by atoms with Gasteiger partial charge in [0.25, 0.3) is 11.2 Å². The first-order chi connectivity index (χ1) is 14.9. The van der Waals surface area contributed by atoms with Crippen LogP contribution in [0.15, 0.2) is 63.8 Å². The van der Waals surface area contributed by atoms with Crippen LogP contribution in [-0.4, -0.2) is 24.5 Å². The van der Waals surface area contributed by atoms with E-state index in [0.717, 1.165) is 11.4 Å². The summed E-state index contributed by atoms with van der Waals surface area (Å²) in [6.45, 7) is 2.00. The Bertz CT molecular complexity index is 1270. The molecule has 2 aromatic heterocycles. The molecule has 0 saturated heterocycles. The molecule has 0 spiro atoms. The van der Waals surface area contributed by atoms with Gasteiger partial charge in [0.1, 0.15) is 5.69 Å². The van der Waals surface area contributed by atoms with Gasteiger partial charge in [-0.05, 0) is 31.2 Å². The van der Waals surface area contributed by atoms with E-state index in [1.165, 1.54) is 12.1 Å². The lowest BCUT2D eigenvalue weighted by atomic mass is 10.3. The van der Waals surface area contributed by atoms with E-state index < -0.39 is 4.92 Å². The van der Waals surface area contributed by atoms with Crippen molar-refractivity contribution in [2.75, 3.05) is 10.6 Å². The Morgan fingerprint density at radius 1 is 1.10 bits per heavy atom. The van der Waals surface area contributed by atoms with Crippen LogP contribution >= 0.6 is 0 Å². The molecule has 11 heteroatoms. The quantitative estimate of drug-likeness (QED) is 0.343. The number of aromatic nitrogens is 4. The lowest BCUT2D eigenvalue weighted by Gasteiger charge is -2.07. The second kappa shape index (κ2) is 8.14. The minimum Gasteiger partial charge on any atom is -0.406 e. The van der Waals surface area contributed by atoms with Gasteiger partial charge in [0.2, 0.25) is 5.89 Å². The van der Waals surface area contributed by atoms with Crippen molar-refractivity contribution in [1.29, 1.82) is 0 Å². The maximum absolute atomic E-state index is 12.9. The van der Waals surface area contributed by atoms with Crippen molar-refractivity contribution >= 4 is 23.1 Å². The molecular weight excluding hydrogens is 402 g/mol. The highest BCUT2D eigenvalue weighted by Gasteiger charge is 2.17. The Labute approximate surface area is 176 Å². The molecule has 4 aromatic rings. The molecule has 2 heterocycles. The van der Waals surface area contributed by atoms with E-state index in [4.69, 9.17) is 4.42 Å². The average molecular weight is 421 g/mol. The fourth-order valence-corrected chi connectivity index (χ4v) is 3.10. The fourth-order valence-electron chi connectivity index (χ4n) is 3.10. The lowest BCUT2D eigenvalue weighted by Crippen LogP contribution is -2.21. The van der Waals surface area contributed by atoms with Crippen LogP contribution in [0.5, 0.6) is 0 Å². The Hall–Kier alpha value is -4.41. The molecular formula is C20H19N7O4. The molecule has 0 amide bonds. The number of nitro benzene ring substituents is 1. The zero-order valence-corrected chi connectivity index (χ0v) is 16.8. The summed E-state index contributed by atoms with van der Waals surface area (Å²) in [7, 11) is 1.81. The van der Waals surface area contributed by atoms with Crippen LogP contribution in [0.25, 0.3) is 5.69 Å². The van der Waals surface area contributed by atoms with E-state index in [1.54, 1.807) is 21.5 Å². The molecule has 2 N–H and O–H groups in total. The van der Waals surface area contributed by atoms with Crippen molar-refractivity contribution in [3.05, 3.63) is 86.7 Å². The number of hydrogen-bond acceptors (Lipinski definition) is 8. The molecule has 158 valence electrons. The van der Waals surface area contributed by atoms with Gasteiger partial charge in [-0.3, -0.25) is 19.6 Å². The molecule has 0 saturated carbocycles. The number of para-hydroxylation sites is 1. The van der Waals surface area contributed by atoms with Gasteiger partial charge in [-0.25, -0.2) is 4.68 Å². The van der Waals surface area contributed by atoms with Crippen LogP contribution in [0.2, 0.25) is 0 Å². The Balaban J connectivity index is 1.47. The molecule has 0 radical (unpaired) electrons. The minimum absolute atomic E-state index is 0.0136. The highest BCUT2D eigenvalue weighted by atomic mass is 16.6. The van der Waals surface area contributed by atoms with E-state index in [1.807, 2.05) is 44.3 Å². The van der Waals surface area contributed by atoms with E-state index in [-0.39, 0.29) is 29.7 Å². The third-order valence-electron chi connectivity index (χ3n) is 4.77. The molecule has 0 unspecified atom stereocenters. The third-order valence-corrected chi connectivity index (χ3v) is 4.77. The van der Waals surface area contributed by atoms with Gasteiger partial charge in [-0.2, -0.15) is 0 Å². The second-order valence-corrected chi connectivity index (χ2v) is 6.72. The first-order valence-electron chi connectivity index (χ1n) is 9.36. The van der Waals surface area contributed by atoms with Gasteiger partial charge in [-0.1, -0.05) is 23.3 Å². The largest absolute Gasteiger partial charge is 0.406 e. The molecule has 0 bridgehead atoms. The van der Waals surface area contributed by atoms with Gasteiger partial charge in [-0.15, -0.1) is 5.10 Å². The zero-order chi connectivity index (χ0) is 22.0. The number of nitrogens with one attached hydrogen (secondary N) is 2. The molecule has 0 fully saturated rings. The van der Waals surface area contributed by atoms with Crippen molar-refractivity contribution in [2.45, 2.75) is 13.5 Å². The number of non-ortho nitro benzene ring substituents is 1. The van der Waals surface area contributed by atoms with Gasteiger partial charge in [0, 0.05) is 24.9 Å². The van der Waals surface area contributed by atoms with Gasteiger partial charge in [0.05, 0.1) is 22.8 Å². The molecule has 11 nitrogen and oxygen atoms in total. The van der Waals surface area contributed by atoms with Crippen molar-refractivity contribution in [3.8, 4) is 5.69 Å². The number of benzene rings is 2. The number of anilines is 3. The van der Waals surface area contributed by atoms with E-state index in [2.05, 4.69) is 20.8 Å². The van der Waals surface area contributed by atoms with E-state index in [0.29, 0.717) is 11.4 Å². The predicted octanol–water partition coefficient (Wildman–Crippen LogP) is 3.13. The highest BCUT2D eigenvalue weighted by molar-refractivity contribution is 5.54. The summed E-state index contributed by atoms with van der Waals surface area (Å²) < 4.78 is 8.89. The lowest BCUT2D eigenvalue weighted by molar-refractivity contribution is -0.384. The Morgan fingerprint density at radius 3 is 2.48 bits per heavy atom. The topological polar surface area (TPSA) is 133 Å². The number of rotatable bonds is 7. The van der Waals surface area contributed by atoms with Crippen molar-refractivity contribution in [2.24, 2.45) is 7.05 Å². The first kappa shape index (κ1) is 19.9. The summed E-state index contributed by atoms with van der Waals surface area (Å²) in [6.07, 6.45) is 0. The highest BCUT2D eigenvalue weighted by Crippen LogP contribution is 2.20. The van der Waals surface area contributed by atoms with E-state index in [9.17, 15) is 14.9 Å². The molecule has 0 aliphatic carbocycles. The second-order valence-electron chi connectivity index (χ2n) is 6.72. The Kier molecular flexibility index (Phi) is 5.22. The average Bonchev–Trinajstić information content (AvgIpc) is 3.30. The predicted molar refractivity (Wildman–Crippen MR) is 114 cm³/mol. The molecule has 4 rings (SSSR count). The number of nitro groups is 1. The van der Waals surface area contributed by atoms with Crippen molar-refractivity contribution in [1.82, 2.24) is 19.6 Å². The van der Waals surface area contributed by atoms with Crippen LogP contribution in [0.3, 0.4) is 0 Å². The van der Waals surface area contributed by atoms with Crippen LogP contribution in [0.4, 0.5) is 23.1 Å². The smallest absolute Gasteiger partial charge is 0.320 e. The standard InChI is InChI=1S/C20H19N7O4/c1-13-18(19(28)26(25(13)2)15-6-4-3-5-7-15)21-12-17-23-24-20(31-17)22-14-8-10-16(11-9-14)27(29)30/h3-11,21H,12H2,1-2H3,(H,22,24). The molecule has 31 heavy (non-hydrogen) atoms. The van der Waals surface area contributed by atoms with Crippen molar-refractivity contribution in [3.63, 3.8) is 0 Å². The molecule has 0 aliphatic rings. The van der Waals surface area contributed by atoms with Gasteiger partial charge in [0.15, 0.2) is 0 Å². The SMILES string of the molecule is Cc1c(NCc2nnc(Nc3ccc([N+](=O)[O-])cc3)o2)c(=O)n(-c2ccccc2)n1C. The Morgan fingerprint density at radius 2 is 1.81 bits per heavy atom. The summed E-state index contributed by atoms with van der Waals surface area (Å²) in [5, 5.41) is 24.5. The summed E-state index contributed by atoms with van der Waals surface area (Å²) >= 11 is 0. The summed E-state index contributed by atoms with van der Waals surface area (Å²) in [5.74, 6) is 0.276. The van der Waals surface area contributed by atoms with Crippen LogP contribution < -0.4 is 16.2 Å². The summed E-state index contributed by atoms with van der Waals surface area (Å²) in [4.78, 5) is 23.2. The van der Waals surface area contributed by atoms with E-state index >= 15 is 0 Å². The minimum atomic E-state index is -0.475. The summed E-state index contributed by atoms with van der Waals surface area (Å²) in [5.41, 5.74) is 2.33. The van der Waals surface area contributed by atoms with Gasteiger partial charge < -0.3 is 15.1 Å². The van der Waals surface area contributed by atoms with Crippen LogP contribution in [0, 0.1) is 17.0 Å². The maximum atomic E-state index is 12.9. The van der Waals surface area contributed by atoms with Crippen LogP contribution in [-0.2, 0) is 13.6 Å². The van der Waals surface area contributed by atoms with Gasteiger partial charge >= 0.3 is 6.01 Å². The normalized spacial score (nSPS) is 10.8. The fraction of sp³-hybridized carbons (Fsp3) is 0.150. The zero-order valence-electron chi connectivity index (χ0n) is 16.8. The third kappa shape index (κ3) is 4.01. The first-order valence-corrected chi connectivity index (χ1v) is 9.36.